The van der Waals surface area contributed by atoms with E-state index in [0.717, 1.165) is 16.9 Å². The van der Waals surface area contributed by atoms with Crippen molar-refractivity contribution >= 4 is 0 Å². The number of hydrogen-bond donors (Lipinski definition) is 1. The molecule has 1 aromatic carbocycles. The van der Waals surface area contributed by atoms with Crippen molar-refractivity contribution in [1.29, 1.82) is 0 Å². The van der Waals surface area contributed by atoms with Crippen molar-refractivity contribution in [2.75, 3.05) is 0 Å². The molecule has 0 fully saturated rings. The number of aromatic nitrogens is 2. The third kappa shape index (κ3) is 2.58. The molecule has 0 aliphatic heterocycles. The quantitative estimate of drug-likeness (QED) is 0.846. The average Bonchev–Trinajstić information content (AvgIpc) is 2.67. The van der Waals surface area contributed by atoms with Gasteiger partial charge in [0.15, 0.2) is 0 Å². The van der Waals surface area contributed by atoms with Gasteiger partial charge in [0.2, 0.25) is 5.88 Å². The minimum absolute atomic E-state index is 0.105. The third-order valence-electron chi connectivity index (χ3n) is 3.33. The summed E-state index contributed by atoms with van der Waals surface area (Å²) >= 11 is 0. The fourth-order valence-corrected chi connectivity index (χ4v) is 2.55. The molecule has 2 aromatic rings. The van der Waals surface area contributed by atoms with E-state index in [4.69, 9.17) is 0 Å². The summed E-state index contributed by atoms with van der Waals surface area (Å²) in [5.41, 5.74) is 2.71. The fourth-order valence-electron chi connectivity index (χ4n) is 2.55. The molecule has 0 spiro atoms. The molecule has 20 heavy (non-hydrogen) atoms. The van der Waals surface area contributed by atoms with Gasteiger partial charge < -0.3 is 5.11 Å². The zero-order chi connectivity index (χ0) is 15.1. The number of hydrogen-bond acceptors (Lipinski definition) is 2. The molecule has 0 aliphatic rings. The van der Waals surface area contributed by atoms with Gasteiger partial charge in [-0.25, -0.2) is 4.68 Å². The molecule has 108 valence electrons. The average molecular weight is 272 g/mol. The Hall–Kier alpha value is -1.77. The summed E-state index contributed by atoms with van der Waals surface area (Å²) in [6.07, 6.45) is 0. The van der Waals surface area contributed by atoms with Gasteiger partial charge in [0.25, 0.3) is 0 Å². The van der Waals surface area contributed by atoms with Gasteiger partial charge in [-0.05, 0) is 17.5 Å². The van der Waals surface area contributed by atoms with E-state index in [1.54, 1.807) is 0 Å². The van der Waals surface area contributed by atoms with Crippen LogP contribution in [0.3, 0.4) is 0 Å². The van der Waals surface area contributed by atoms with Gasteiger partial charge in [0.1, 0.15) is 0 Å². The maximum Gasteiger partial charge on any atom is 0.234 e. The van der Waals surface area contributed by atoms with E-state index in [1.165, 1.54) is 0 Å². The summed E-state index contributed by atoms with van der Waals surface area (Å²) in [6.45, 7) is 12.8. The predicted octanol–water partition coefficient (Wildman–Crippen LogP) is 4.17. The van der Waals surface area contributed by atoms with Gasteiger partial charge in [-0.15, -0.1) is 5.10 Å². The van der Waals surface area contributed by atoms with Gasteiger partial charge in [0, 0.05) is 11.0 Å². The largest absolute Gasteiger partial charge is 0.492 e. The Morgan fingerprint density at radius 3 is 1.90 bits per heavy atom. The molecular weight excluding hydrogens is 248 g/mol. The van der Waals surface area contributed by atoms with Crippen LogP contribution in [0.4, 0.5) is 0 Å². The van der Waals surface area contributed by atoms with E-state index in [1.807, 2.05) is 35.0 Å². The smallest absolute Gasteiger partial charge is 0.234 e. The second-order valence-electron chi connectivity index (χ2n) is 7.29. The van der Waals surface area contributed by atoms with Gasteiger partial charge in [0.05, 0.1) is 11.4 Å². The zero-order valence-electron chi connectivity index (χ0n) is 13.2. The number of aromatic hydroxyl groups is 1. The molecule has 0 aliphatic carbocycles. The Morgan fingerprint density at radius 2 is 1.45 bits per heavy atom. The molecule has 2 rings (SSSR count). The maximum atomic E-state index is 10.3. The van der Waals surface area contributed by atoms with E-state index in [2.05, 4.69) is 46.6 Å². The highest BCUT2D eigenvalue weighted by Gasteiger charge is 2.34. The Kier molecular flexibility index (Phi) is 3.41. The normalized spacial score (nSPS) is 12.7. The van der Waals surface area contributed by atoms with Crippen molar-refractivity contribution < 1.29 is 5.11 Å². The highest BCUT2D eigenvalue weighted by Crippen LogP contribution is 2.40. The molecule has 0 unspecified atom stereocenters. The minimum Gasteiger partial charge on any atom is -0.492 e. The van der Waals surface area contributed by atoms with Crippen molar-refractivity contribution in [1.82, 2.24) is 9.78 Å². The predicted molar refractivity (Wildman–Crippen MR) is 82.6 cm³/mol. The number of rotatable bonds is 1. The summed E-state index contributed by atoms with van der Waals surface area (Å²) < 4.78 is 1.87. The Morgan fingerprint density at radius 1 is 0.900 bits per heavy atom. The lowest BCUT2D eigenvalue weighted by molar-refractivity contribution is 0.425. The number of benzene rings is 1. The third-order valence-corrected chi connectivity index (χ3v) is 3.33. The molecule has 3 heteroatoms. The molecule has 0 radical (unpaired) electrons. The molecule has 0 amide bonds. The monoisotopic (exact) mass is 272 g/mol. The van der Waals surface area contributed by atoms with Crippen LogP contribution in [0.25, 0.3) is 5.69 Å². The molecule has 0 bridgehead atoms. The molecular formula is C17H24N2O. The molecule has 0 saturated heterocycles. The van der Waals surface area contributed by atoms with E-state index in [9.17, 15) is 5.11 Å². The van der Waals surface area contributed by atoms with Gasteiger partial charge in [-0.2, -0.15) is 0 Å². The second kappa shape index (κ2) is 4.65. The Labute approximate surface area is 121 Å². The summed E-state index contributed by atoms with van der Waals surface area (Å²) in [7, 11) is 0. The van der Waals surface area contributed by atoms with Gasteiger partial charge >= 0.3 is 0 Å². The van der Waals surface area contributed by atoms with Crippen LogP contribution >= 0.6 is 0 Å². The lowest BCUT2D eigenvalue weighted by Crippen LogP contribution is -2.24. The van der Waals surface area contributed by atoms with E-state index < -0.39 is 0 Å². The zero-order valence-corrected chi connectivity index (χ0v) is 13.2. The van der Waals surface area contributed by atoms with Crippen LogP contribution in [0.1, 0.15) is 52.8 Å². The summed E-state index contributed by atoms with van der Waals surface area (Å²) in [5.74, 6) is 0.131. The molecule has 3 nitrogen and oxygen atoms in total. The van der Waals surface area contributed by atoms with Crippen LogP contribution in [0, 0.1) is 0 Å². The number of nitrogens with zero attached hydrogens (tertiary/aromatic N) is 2. The second-order valence-corrected chi connectivity index (χ2v) is 7.29. The van der Waals surface area contributed by atoms with Crippen molar-refractivity contribution in [2.45, 2.75) is 52.4 Å². The first-order valence-electron chi connectivity index (χ1n) is 7.01. The summed E-state index contributed by atoms with van der Waals surface area (Å²) in [4.78, 5) is 0. The van der Waals surface area contributed by atoms with Crippen LogP contribution < -0.4 is 0 Å². The van der Waals surface area contributed by atoms with E-state index >= 15 is 0 Å². The first kappa shape index (κ1) is 14.6. The van der Waals surface area contributed by atoms with E-state index in [0.29, 0.717) is 0 Å². The lowest BCUT2D eigenvalue weighted by atomic mass is 9.79. The van der Waals surface area contributed by atoms with Crippen LogP contribution in [0.15, 0.2) is 30.3 Å². The highest BCUT2D eigenvalue weighted by atomic mass is 16.3. The Bertz CT molecular complexity index is 598. The molecule has 1 aromatic heterocycles. The number of para-hydroxylation sites is 1. The van der Waals surface area contributed by atoms with Crippen molar-refractivity contribution in [2.24, 2.45) is 0 Å². The lowest BCUT2D eigenvalue weighted by Gasteiger charge is -2.27. The highest BCUT2D eigenvalue weighted by molar-refractivity contribution is 5.45. The van der Waals surface area contributed by atoms with Crippen LogP contribution in [0.2, 0.25) is 0 Å². The first-order chi connectivity index (χ1) is 9.12. The molecule has 1 heterocycles. The summed E-state index contributed by atoms with van der Waals surface area (Å²) in [6, 6.07) is 9.96. The van der Waals surface area contributed by atoms with Crippen molar-refractivity contribution in [3.8, 4) is 11.6 Å². The first-order valence-corrected chi connectivity index (χ1v) is 7.01. The Balaban J connectivity index is 2.78. The molecule has 1 N–H and O–H groups in total. The van der Waals surface area contributed by atoms with Crippen LogP contribution in [-0.2, 0) is 10.8 Å². The van der Waals surface area contributed by atoms with Crippen molar-refractivity contribution in [3.63, 3.8) is 0 Å². The minimum atomic E-state index is -0.153. The maximum absolute atomic E-state index is 10.3. The molecule has 0 saturated carbocycles. The van der Waals surface area contributed by atoms with Crippen LogP contribution in [-0.4, -0.2) is 14.9 Å². The van der Waals surface area contributed by atoms with E-state index in [-0.39, 0.29) is 16.7 Å². The molecule has 0 atom stereocenters. The SMILES string of the molecule is CC(C)(C)c1c(O)nn(-c2ccccc2)c1C(C)(C)C. The topological polar surface area (TPSA) is 38.1 Å². The van der Waals surface area contributed by atoms with Gasteiger partial charge in [-0.3, -0.25) is 0 Å². The van der Waals surface area contributed by atoms with Crippen LogP contribution in [0.5, 0.6) is 5.88 Å². The summed E-state index contributed by atoms with van der Waals surface area (Å²) in [5, 5.41) is 14.7. The van der Waals surface area contributed by atoms with Crippen molar-refractivity contribution in [3.05, 3.63) is 41.6 Å². The fraction of sp³-hybridized carbons (Fsp3) is 0.471. The van der Waals surface area contributed by atoms with Gasteiger partial charge in [-0.1, -0.05) is 59.7 Å². The standard InChI is InChI=1S/C17H24N2O/c1-16(2,3)13-14(17(4,5)6)19(18-15(13)20)12-10-8-7-9-11-12/h7-11H,1-6H3,(H,18,20).